The van der Waals surface area contributed by atoms with E-state index in [4.69, 9.17) is 0 Å². The summed E-state index contributed by atoms with van der Waals surface area (Å²) in [5.41, 5.74) is 0. The molecular formula is C9H20N2O2S. The number of rotatable bonds is 3. The zero-order valence-corrected chi connectivity index (χ0v) is 9.97. The van der Waals surface area contributed by atoms with Gasteiger partial charge in [0.25, 0.3) is 0 Å². The molecule has 0 saturated carbocycles. The average molecular weight is 220 g/mol. The Morgan fingerprint density at radius 1 is 1.43 bits per heavy atom. The monoisotopic (exact) mass is 220 g/mol. The molecule has 1 heterocycles. The van der Waals surface area contributed by atoms with Gasteiger partial charge in [0.2, 0.25) is 10.0 Å². The fraction of sp³-hybridized carbons (Fsp3) is 1.00. The molecule has 84 valence electrons. The molecular weight excluding hydrogens is 200 g/mol. The minimum Gasteiger partial charge on any atom is -0.311 e. The number of hydrogen-bond donors (Lipinski definition) is 1. The van der Waals surface area contributed by atoms with E-state index >= 15 is 0 Å². The van der Waals surface area contributed by atoms with Crippen molar-refractivity contribution in [3.05, 3.63) is 0 Å². The van der Waals surface area contributed by atoms with Gasteiger partial charge in [0.15, 0.2) is 0 Å². The summed E-state index contributed by atoms with van der Waals surface area (Å²) < 4.78 is 25.3. The second-order valence-corrected chi connectivity index (χ2v) is 5.95. The molecule has 2 atom stereocenters. The Labute approximate surface area is 86.7 Å². The van der Waals surface area contributed by atoms with Gasteiger partial charge in [-0.05, 0) is 20.3 Å². The van der Waals surface area contributed by atoms with Crippen LogP contribution in [0.25, 0.3) is 0 Å². The Hall–Kier alpha value is -0.130. The molecule has 0 aromatic heterocycles. The van der Waals surface area contributed by atoms with E-state index in [0.717, 1.165) is 6.54 Å². The summed E-state index contributed by atoms with van der Waals surface area (Å²) in [5.74, 6) is 0.268. The van der Waals surface area contributed by atoms with E-state index in [1.807, 2.05) is 20.8 Å². The lowest BCUT2D eigenvalue weighted by molar-refractivity contribution is 0.233. The first kappa shape index (κ1) is 11.9. The lowest BCUT2D eigenvalue weighted by Gasteiger charge is -2.37. The summed E-state index contributed by atoms with van der Waals surface area (Å²) in [7, 11) is -3.02. The van der Waals surface area contributed by atoms with Gasteiger partial charge in [-0.25, -0.2) is 8.42 Å². The summed E-state index contributed by atoms with van der Waals surface area (Å²) in [6, 6.07) is 0.315. The van der Waals surface area contributed by atoms with Crippen LogP contribution in [-0.2, 0) is 10.0 Å². The van der Waals surface area contributed by atoms with E-state index in [9.17, 15) is 8.42 Å². The number of nitrogens with zero attached hydrogens (tertiary/aromatic N) is 1. The van der Waals surface area contributed by atoms with Crippen LogP contribution >= 0.6 is 0 Å². The van der Waals surface area contributed by atoms with Crippen molar-refractivity contribution >= 4 is 10.0 Å². The zero-order valence-electron chi connectivity index (χ0n) is 9.16. The van der Waals surface area contributed by atoms with Crippen LogP contribution < -0.4 is 5.32 Å². The highest BCUT2D eigenvalue weighted by Crippen LogP contribution is 2.14. The van der Waals surface area contributed by atoms with E-state index in [2.05, 4.69) is 5.32 Å². The molecule has 1 rings (SSSR count). The summed E-state index contributed by atoms with van der Waals surface area (Å²) in [4.78, 5) is 0. The van der Waals surface area contributed by atoms with Crippen LogP contribution in [0.1, 0.15) is 27.2 Å². The zero-order chi connectivity index (χ0) is 10.8. The first-order chi connectivity index (χ1) is 6.49. The Kier molecular flexibility index (Phi) is 3.92. The largest absolute Gasteiger partial charge is 0.311 e. The first-order valence-electron chi connectivity index (χ1n) is 5.22. The molecule has 14 heavy (non-hydrogen) atoms. The highest BCUT2D eigenvalue weighted by molar-refractivity contribution is 7.89. The molecule has 0 radical (unpaired) electrons. The molecule has 0 aromatic carbocycles. The number of nitrogens with one attached hydrogen (secondary N) is 1. The van der Waals surface area contributed by atoms with Crippen molar-refractivity contribution < 1.29 is 8.42 Å². The maximum atomic E-state index is 11.8. The Bertz CT molecular complexity index is 277. The second-order valence-electron chi connectivity index (χ2n) is 3.91. The van der Waals surface area contributed by atoms with Crippen molar-refractivity contribution in [3.8, 4) is 0 Å². The molecule has 1 saturated heterocycles. The van der Waals surface area contributed by atoms with Crippen molar-refractivity contribution in [3.63, 3.8) is 0 Å². The Balaban J connectivity index is 2.76. The van der Waals surface area contributed by atoms with Gasteiger partial charge in [-0.1, -0.05) is 6.92 Å². The van der Waals surface area contributed by atoms with Crippen molar-refractivity contribution in [1.82, 2.24) is 9.62 Å². The number of piperazine rings is 1. The van der Waals surface area contributed by atoms with E-state index < -0.39 is 10.0 Å². The fourth-order valence-corrected chi connectivity index (χ4v) is 3.60. The molecule has 0 aromatic rings. The molecule has 2 unspecified atom stereocenters. The van der Waals surface area contributed by atoms with Crippen LogP contribution in [0.3, 0.4) is 0 Å². The molecule has 4 nitrogen and oxygen atoms in total. The molecule has 0 amide bonds. The molecule has 0 aliphatic carbocycles. The third kappa shape index (κ3) is 2.46. The third-order valence-corrected chi connectivity index (χ3v) is 4.95. The number of hydrogen-bond acceptors (Lipinski definition) is 3. The third-order valence-electron chi connectivity index (χ3n) is 2.80. The van der Waals surface area contributed by atoms with E-state index in [1.165, 1.54) is 0 Å². The minimum absolute atomic E-state index is 0.0697. The summed E-state index contributed by atoms with van der Waals surface area (Å²) in [6.07, 6.45) is 0.688. The fourth-order valence-electron chi connectivity index (χ4n) is 1.79. The van der Waals surface area contributed by atoms with Crippen LogP contribution in [0.4, 0.5) is 0 Å². The number of sulfonamides is 1. The SMILES string of the molecule is CCCS(=O)(=O)N1CCNC(C)C1C. The van der Waals surface area contributed by atoms with Gasteiger partial charge >= 0.3 is 0 Å². The van der Waals surface area contributed by atoms with Crippen molar-refractivity contribution in [1.29, 1.82) is 0 Å². The standard InChI is InChI=1S/C9H20N2O2S/c1-4-7-14(12,13)11-6-5-10-8(2)9(11)3/h8-10H,4-7H2,1-3H3. The van der Waals surface area contributed by atoms with Gasteiger partial charge in [0.05, 0.1) is 5.75 Å². The van der Waals surface area contributed by atoms with Crippen molar-refractivity contribution in [2.75, 3.05) is 18.8 Å². The Morgan fingerprint density at radius 2 is 2.07 bits per heavy atom. The van der Waals surface area contributed by atoms with Gasteiger partial charge in [-0.3, -0.25) is 0 Å². The van der Waals surface area contributed by atoms with Crippen LogP contribution in [0.2, 0.25) is 0 Å². The van der Waals surface area contributed by atoms with E-state index in [1.54, 1.807) is 4.31 Å². The normalized spacial score (nSPS) is 30.5. The summed E-state index contributed by atoms with van der Waals surface area (Å²) in [5, 5.41) is 3.27. The summed E-state index contributed by atoms with van der Waals surface area (Å²) >= 11 is 0. The van der Waals surface area contributed by atoms with Gasteiger partial charge in [0.1, 0.15) is 0 Å². The average Bonchev–Trinajstić information content (AvgIpc) is 2.09. The molecule has 5 heteroatoms. The van der Waals surface area contributed by atoms with Gasteiger partial charge < -0.3 is 5.32 Å². The molecule has 1 aliphatic heterocycles. The van der Waals surface area contributed by atoms with Crippen LogP contribution in [0.5, 0.6) is 0 Å². The van der Waals surface area contributed by atoms with Crippen molar-refractivity contribution in [2.45, 2.75) is 39.3 Å². The van der Waals surface area contributed by atoms with Crippen molar-refractivity contribution in [2.24, 2.45) is 0 Å². The molecule has 1 aliphatic rings. The van der Waals surface area contributed by atoms with Crippen LogP contribution in [0, 0.1) is 0 Å². The lowest BCUT2D eigenvalue weighted by Crippen LogP contribution is -2.57. The summed E-state index contributed by atoms with van der Waals surface area (Å²) in [6.45, 7) is 7.25. The van der Waals surface area contributed by atoms with E-state index in [0.29, 0.717) is 13.0 Å². The minimum atomic E-state index is -3.02. The second kappa shape index (κ2) is 4.59. The molecule has 1 N–H and O–H groups in total. The smallest absolute Gasteiger partial charge is 0.214 e. The lowest BCUT2D eigenvalue weighted by atomic mass is 10.1. The molecule has 1 fully saturated rings. The first-order valence-corrected chi connectivity index (χ1v) is 6.83. The molecule has 0 spiro atoms. The van der Waals surface area contributed by atoms with Gasteiger partial charge in [0, 0.05) is 25.2 Å². The highest BCUT2D eigenvalue weighted by atomic mass is 32.2. The van der Waals surface area contributed by atoms with Gasteiger partial charge in [-0.2, -0.15) is 4.31 Å². The maximum Gasteiger partial charge on any atom is 0.214 e. The predicted octanol–water partition coefficient (Wildman–Crippen LogP) is 0.408. The quantitative estimate of drug-likeness (QED) is 0.749. The predicted molar refractivity (Wildman–Crippen MR) is 57.7 cm³/mol. The van der Waals surface area contributed by atoms with Crippen LogP contribution in [0.15, 0.2) is 0 Å². The van der Waals surface area contributed by atoms with Crippen LogP contribution in [-0.4, -0.2) is 43.6 Å². The maximum absolute atomic E-state index is 11.8. The topological polar surface area (TPSA) is 49.4 Å². The highest BCUT2D eigenvalue weighted by Gasteiger charge is 2.32. The van der Waals surface area contributed by atoms with E-state index in [-0.39, 0.29) is 17.8 Å². The Morgan fingerprint density at radius 3 is 2.64 bits per heavy atom. The van der Waals surface area contributed by atoms with Gasteiger partial charge in [-0.15, -0.1) is 0 Å². The molecule has 0 bridgehead atoms.